The van der Waals surface area contributed by atoms with E-state index in [4.69, 9.17) is 0 Å². The van der Waals surface area contributed by atoms with Crippen molar-refractivity contribution >= 4 is 29.9 Å². The van der Waals surface area contributed by atoms with Gasteiger partial charge in [-0.3, -0.25) is 9.59 Å². The van der Waals surface area contributed by atoms with E-state index in [1.54, 1.807) is 0 Å². The number of carbonyl (C=O) groups excluding carboxylic acids is 2. The first-order valence-corrected chi connectivity index (χ1v) is 11.0. The van der Waals surface area contributed by atoms with Gasteiger partial charge < -0.3 is 15.1 Å². The van der Waals surface area contributed by atoms with Gasteiger partial charge in [0.05, 0.1) is 6.04 Å². The Hall–Kier alpha value is -1.59. The molecule has 1 atom stereocenters. The van der Waals surface area contributed by atoms with Crippen LogP contribution >= 0.6 is 12.4 Å². The second kappa shape index (κ2) is 11.6. The van der Waals surface area contributed by atoms with Gasteiger partial charge in [0.2, 0.25) is 11.8 Å². The van der Waals surface area contributed by atoms with E-state index in [-0.39, 0.29) is 36.2 Å². The van der Waals surface area contributed by atoms with Crippen LogP contribution in [0.3, 0.4) is 0 Å². The second-order valence-electron chi connectivity index (χ2n) is 8.45. The third-order valence-electron chi connectivity index (χ3n) is 5.88. The number of hydrogen-bond acceptors (Lipinski definition) is 3. The molecule has 0 aliphatic carbocycles. The minimum atomic E-state index is -0.0477. The summed E-state index contributed by atoms with van der Waals surface area (Å²) in [5.41, 5.74) is 2.04. The third-order valence-corrected chi connectivity index (χ3v) is 5.88. The molecule has 2 amide bonds. The molecule has 1 fully saturated rings. The molecule has 0 radical (unpaired) electrons. The van der Waals surface area contributed by atoms with Crippen LogP contribution in [0, 0.1) is 5.92 Å². The van der Waals surface area contributed by atoms with Crippen molar-refractivity contribution < 1.29 is 9.59 Å². The van der Waals surface area contributed by atoms with Crippen LogP contribution in [-0.4, -0.2) is 42.4 Å². The van der Waals surface area contributed by atoms with Gasteiger partial charge in [-0.1, -0.05) is 51.3 Å². The summed E-state index contributed by atoms with van der Waals surface area (Å²) in [6.07, 6.45) is 7.50. The van der Waals surface area contributed by atoms with Gasteiger partial charge in [-0.15, -0.1) is 12.4 Å². The normalized spacial score (nSPS) is 21.0. The number of carbonyl (C=O) groups is 2. The molecule has 0 saturated carbocycles. The van der Waals surface area contributed by atoms with Gasteiger partial charge in [0.15, 0.2) is 0 Å². The summed E-state index contributed by atoms with van der Waals surface area (Å²) in [4.78, 5) is 30.0. The van der Waals surface area contributed by atoms with Crippen LogP contribution in [0.1, 0.15) is 64.4 Å². The molecule has 0 aromatic heterocycles. The van der Waals surface area contributed by atoms with Gasteiger partial charge in [0, 0.05) is 31.2 Å². The molecule has 29 heavy (non-hydrogen) atoms. The van der Waals surface area contributed by atoms with Crippen molar-refractivity contribution in [2.75, 3.05) is 24.5 Å². The molecule has 1 saturated heterocycles. The first-order chi connectivity index (χ1) is 13.6. The predicted octanol–water partition coefficient (Wildman–Crippen LogP) is 4.14. The SMILES string of the molecule is CC(C)C(=O)N1CCCCCCCN(C(=O)C2CCCN2)Cc2ccccc21.Cl. The average molecular weight is 422 g/mol. The molecule has 5 nitrogen and oxygen atoms in total. The van der Waals surface area contributed by atoms with E-state index in [1.807, 2.05) is 41.8 Å². The van der Waals surface area contributed by atoms with Crippen molar-refractivity contribution in [1.82, 2.24) is 10.2 Å². The highest BCUT2D eigenvalue weighted by atomic mass is 35.5. The fourth-order valence-corrected chi connectivity index (χ4v) is 4.26. The minimum Gasteiger partial charge on any atom is -0.337 e. The summed E-state index contributed by atoms with van der Waals surface area (Å²) < 4.78 is 0. The summed E-state index contributed by atoms with van der Waals surface area (Å²) in [6, 6.07) is 8.07. The largest absolute Gasteiger partial charge is 0.337 e. The molecular weight excluding hydrogens is 386 g/mol. The molecule has 2 aliphatic heterocycles. The minimum absolute atomic E-state index is 0. The fraction of sp³-hybridized carbons (Fsp3) is 0.652. The summed E-state index contributed by atoms with van der Waals surface area (Å²) in [6.45, 7) is 6.98. The third kappa shape index (κ3) is 6.19. The van der Waals surface area contributed by atoms with Crippen LogP contribution in [0.15, 0.2) is 24.3 Å². The highest BCUT2D eigenvalue weighted by Gasteiger charge is 2.28. The molecule has 1 aromatic rings. The maximum Gasteiger partial charge on any atom is 0.240 e. The van der Waals surface area contributed by atoms with Crippen molar-refractivity contribution in [3.8, 4) is 0 Å². The number of para-hydroxylation sites is 1. The highest BCUT2D eigenvalue weighted by molar-refractivity contribution is 5.95. The lowest BCUT2D eigenvalue weighted by atomic mass is 10.0. The van der Waals surface area contributed by atoms with Crippen LogP contribution in [0.2, 0.25) is 0 Å². The Morgan fingerprint density at radius 2 is 1.69 bits per heavy atom. The second-order valence-corrected chi connectivity index (χ2v) is 8.45. The number of nitrogens with one attached hydrogen (secondary N) is 1. The number of nitrogens with zero attached hydrogens (tertiary/aromatic N) is 2. The Kier molecular flexibility index (Phi) is 9.44. The molecule has 2 heterocycles. The Balaban J connectivity index is 0.00000300. The number of amides is 2. The number of benzene rings is 1. The first kappa shape index (κ1) is 23.7. The zero-order chi connectivity index (χ0) is 19.9. The molecule has 1 unspecified atom stereocenters. The van der Waals surface area contributed by atoms with Gasteiger partial charge in [0.1, 0.15) is 0 Å². The lowest BCUT2D eigenvalue weighted by Crippen LogP contribution is -2.44. The molecule has 0 spiro atoms. The zero-order valence-electron chi connectivity index (χ0n) is 17.9. The number of anilines is 1. The number of hydrogen-bond donors (Lipinski definition) is 1. The topological polar surface area (TPSA) is 52.7 Å². The van der Waals surface area contributed by atoms with Crippen molar-refractivity contribution in [3.05, 3.63) is 29.8 Å². The van der Waals surface area contributed by atoms with Crippen molar-refractivity contribution in [2.24, 2.45) is 5.92 Å². The van der Waals surface area contributed by atoms with Crippen LogP contribution < -0.4 is 10.2 Å². The van der Waals surface area contributed by atoms with Crippen molar-refractivity contribution in [2.45, 2.75) is 71.4 Å². The van der Waals surface area contributed by atoms with Crippen LogP contribution in [-0.2, 0) is 16.1 Å². The molecular formula is C23H36ClN3O2. The van der Waals surface area contributed by atoms with Gasteiger partial charge in [0.25, 0.3) is 0 Å². The van der Waals surface area contributed by atoms with E-state index in [2.05, 4.69) is 11.4 Å². The van der Waals surface area contributed by atoms with E-state index >= 15 is 0 Å². The molecule has 1 aromatic carbocycles. The first-order valence-electron chi connectivity index (χ1n) is 11.0. The Morgan fingerprint density at radius 1 is 1.00 bits per heavy atom. The molecule has 1 N–H and O–H groups in total. The molecule has 6 heteroatoms. The average Bonchev–Trinajstić information content (AvgIpc) is 3.22. The maximum absolute atomic E-state index is 13.1. The molecule has 0 bridgehead atoms. The Bertz CT molecular complexity index is 674. The quantitative estimate of drug-likeness (QED) is 0.780. The highest BCUT2D eigenvalue weighted by Crippen LogP contribution is 2.26. The van der Waals surface area contributed by atoms with Crippen LogP contribution in [0.4, 0.5) is 5.69 Å². The van der Waals surface area contributed by atoms with Crippen molar-refractivity contribution in [3.63, 3.8) is 0 Å². The van der Waals surface area contributed by atoms with Crippen LogP contribution in [0.5, 0.6) is 0 Å². The lowest BCUT2D eigenvalue weighted by Gasteiger charge is -2.31. The molecule has 162 valence electrons. The van der Waals surface area contributed by atoms with Gasteiger partial charge >= 0.3 is 0 Å². The van der Waals surface area contributed by atoms with Crippen LogP contribution in [0.25, 0.3) is 0 Å². The van der Waals surface area contributed by atoms with Crippen molar-refractivity contribution in [1.29, 1.82) is 0 Å². The van der Waals surface area contributed by atoms with Gasteiger partial charge in [-0.2, -0.15) is 0 Å². The van der Waals surface area contributed by atoms with E-state index in [0.29, 0.717) is 6.54 Å². The zero-order valence-corrected chi connectivity index (χ0v) is 18.7. The number of rotatable bonds is 2. The number of halogens is 1. The summed E-state index contributed by atoms with van der Waals surface area (Å²) >= 11 is 0. The Labute approximate surface area is 181 Å². The monoisotopic (exact) mass is 421 g/mol. The maximum atomic E-state index is 13.1. The van der Waals surface area contributed by atoms with E-state index in [9.17, 15) is 9.59 Å². The summed E-state index contributed by atoms with van der Waals surface area (Å²) in [5, 5.41) is 3.35. The predicted molar refractivity (Wildman–Crippen MR) is 120 cm³/mol. The van der Waals surface area contributed by atoms with E-state index < -0.39 is 0 Å². The summed E-state index contributed by atoms with van der Waals surface area (Å²) in [7, 11) is 0. The number of fused-ring (bicyclic) bond motifs is 1. The van der Waals surface area contributed by atoms with E-state index in [1.165, 1.54) is 0 Å². The summed E-state index contributed by atoms with van der Waals surface area (Å²) in [5.74, 6) is 0.340. The molecule has 3 rings (SSSR count). The van der Waals surface area contributed by atoms with Gasteiger partial charge in [-0.05, 0) is 43.9 Å². The fourth-order valence-electron chi connectivity index (χ4n) is 4.26. The van der Waals surface area contributed by atoms with E-state index in [0.717, 1.165) is 75.8 Å². The Morgan fingerprint density at radius 3 is 2.38 bits per heavy atom. The standard InChI is InChI=1S/C23H35N3O2.ClH/c1-18(2)22(27)26-16-9-5-3-4-8-15-25(23(28)20-12-10-14-24-20)17-19-11-6-7-13-21(19)26;/h6-7,11,13,18,20,24H,3-5,8-10,12,14-17H2,1-2H3;1H. The smallest absolute Gasteiger partial charge is 0.240 e. The van der Waals surface area contributed by atoms with Gasteiger partial charge in [-0.25, -0.2) is 0 Å². The molecule has 2 aliphatic rings. The lowest BCUT2D eigenvalue weighted by molar-refractivity contribution is -0.133.